The van der Waals surface area contributed by atoms with E-state index >= 15 is 0 Å². The number of aromatic nitrogens is 3. The Morgan fingerprint density at radius 1 is 0.865 bits per heavy atom. The molecule has 4 nitrogen and oxygen atoms in total. The van der Waals surface area contributed by atoms with Crippen LogP contribution in [0.15, 0.2) is 72.9 Å². The molecule has 0 unspecified atom stereocenters. The van der Waals surface area contributed by atoms with Crippen molar-refractivity contribution in [2.75, 3.05) is 0 Å². The third-order valence-electron chi connectivity index (χ3n) is 7.58. The number of aryl methyl sites for hydroxylation is 2. The summed E-state index contributed by atoms with van der Waals surface area (Å²) in [5, 5.41) is 1.20. The summed E-state index contributed by atoms with van der Waals surface area (Å²) < 4.78 is 11.8. The third-order valence-corrected chi connectivity index (χ3v) is 7.58. The van der Waals surface area contributed by atoms with Gasteiger partial charge in [0.25, 0.3) is 0 Å². The third kappa shape index (κ3) is 3.29. The number of imidazole rings is 1. The summed E-state index contributed by atoms with van der Waals surface area (Å²) >= 11 is 0. The quantitative estimate of drug-likeness (QED) is 0.169. The predicted molar refractivity (Wildman–Crippen MR) is 149 cm³/mol. The van der Waals surface area contributed by atoms with Gasteiger partial charge in [0.15, 0.2) is 5.82 Å². The zero-order chi connectivity index (χ0) is 24.8. The molecule has 1 aliphatic rings. The molecule has 185 valence electrons. The number of rotatable bonds is 1. The average Bonchev–Trinajstić information content (AvgIpc) is 3.30. The van der Waals surface area contributed by atoms with Crippen LogP contribution < -0.4 is 15.6 Å². The van der Waals surface area contributed by atoms with Gasteiger partial charge in [0, 0.05) is 42.8 Å². The molecule has 0 amide bonds. The summed E-state index contributed by atoms with van der Waals surface area (Å²) in [5.74, 6) is 1.66. The summed E-state index contributed by atoms with van der Waals surface area (Å²) in [5.41, 5.74) is 10.3. The van der Waals surface area contributed by atoms with Crippen molar-refractivity contribution in [3.63, 3.8) is 0 Å². The largest absolute Gasteiger partial charge is 0.548 e. The average molecular weight is 661 g/mol. The second-order valence-corrected chi connectivity index (χ2v) is 10.9. The summed E-state index contributed by atoms with van der Waals surface area (Å²) in [6.07, 6.45) is 1.91. The van der Waals surface area contributed by atoms with Gasteiger partial charge in [0.1, 0.15) is 11.4 Å². The first-order chi connectivity index (χ1) is 17.4. The molecule has 4 heterocycles. The standard InChI is InChI=1S/C31H27BN3O.Ir/c1-19-11-10-12-20(2)26(19)32-27-21-13-6-7-14-23(21)34-24-15-8-9-16-25(24)35(30(27)34)29-28(36-32)22(17-18-33-29)31(3,4)5;/h6-15,17-18H,1-5H3;/q-1;. The first-order valence-corrected chi connectivity index (χ1v) is 12.5. The number of pyridine rings is 1. The minimum Gasteiger partial charge on any atom is -0.548 e. The number of fused-ring (bicyclic) bond motifs is 8. The molecule has 0 saturated heterocycles. The Morgan fingerprint density at radius 3 is 2.35 bits per heavy atom. The van der Waals surface area contributed by atoms with E-state index in [1.165, 1.54) is 33.0 Å². The van der Waals surface area contributed by atoms with E-state index < -0.39 is 0 Å². The maximum Gasteiger partial charge on any atom is 0.431 e. The van der Waals surface area contributed by atoms with E-state index in [2.05, 4.69) is 110 Å². The fourth-order valence-electron chi connectivity index (χ4n) is 5.99. The van der Waals surface area contributed by atoms with Crippen molar-refractivity contribution in [1.82, 2.24) is 14.0 Å². The van der Waals surface area contributed by atoms with Crippen molar-refractivity contribution in [3.05, 3.63) is 95.7 Å². The normalized spacial score (nSPS) is 12.9. The summed E-state index contributed by atoms with van der Waals surface area (Å²) in [7, 11) is 0. The molecular formula is C31H27BIrN3O-. The van der Waals surface area contributed by atoms with E-state index in [0.717, 1.165) is 33.8 Å². The molecule has 0 fully saturated rings. The van der Waals surface area contributed by atoms with Gasteiger partial charge in [-0.1, -0.05) is 68.3 Å². The van der Waals surface area contributed by atoms with Crippen LogP contribution in [-0.2, 0) is 25.5 Å². The van der Waals surface area contributed by atoms with Crippen molar-refractivity contribution in [2.24, 2.45) is 0 Å². The van der Waals surface area contributed by atoms with E-state index in [1.807, 2.05) is 12.3 Å². The van der Waals surface area contributed by atoms with Gasteiger partial charge in [-0.25, -0.2) is 4.98 Å². The van der Waals surface area contributed by atoms with Crippen LogP contribution in [0.2, 0.25) is 0 Å². The van der Waals surface area contributed by atoms with Gasteiger partial charge >= 0.3 is 6.92 Å². The Morgan fingerprint density at radius 2 is 1.59 bits per heavy atom. The van der Waals surface area contributed by atoms with E-state index in [4.69, 9.17) is 9.64 Å². The summed E-state index contributed by atoms with van der Waals surface area (Å²) in [6.45, 7) is 10.8. The van der Waals surface area contributed by atoms with E-state index in [-0.39, 0.29) is 32.4 Å². The molecule has 6 aromatic rings. The number of hydrogen-bond acceptors (Lipinski definition) is 2. The minimum atomic E-state index is -0.282. The smallest absolute Gasteiger partial charge is 0.431 e. The molecule has 37 heavy (non-hydrogen) atoms. The SMILES string of the molecule is Cc1cccc(C)c1B1Oc2c(C(C)(C)C)ccnc2-n2c3[c-]cccc3n3c4ccccc4c1c23.[Ir]. The first-order valence-electron chi connectivity index (χ1n) is 12.5. The van der Waals surface area contributed by atoms with Crippen molar-refractivity contribution < 1.29 is 24.8 Å². The molecule has 7 rings (SSSR count). The Bertz CT molecular complexity index is 1820. The van der Waals surface area contributed by atoms with Gasteiger partial charge in [-0.05, 0) is 53.3 Å². The molecular weight excluding hydrogens is 633 g/mol. The van der Waals surface area contributed by atoms with Crippen LogP contribution in [0.3, 0.4) is 0 Å². The molecule has 0 saturated carbocycles. The van der Waals surface area contributed by atoms with E-state index in [9.17, 15) is 0 Å². The van der Waals surface area contributed by atoms with Crippen molar-refractivity contribution in [2.45, 2.75) is 40.0 Å². The molecule has 1 radical (unpaired) electrons. The molecule has 0 spiro atoms. The summed E-state index contributed by atoms with van der Waals surface area (Å²) in [6, 6.07) is 27.0. The Hall–Kier alpha value is -3.34. The van der Waals surface area contributed by atoms with Crippen LogP contribution in [0, 0.1) is 19.9 Å². The Labute approximate surface area is 230 Å². The molecule has 3 aromatic carbocycles. The van der Waals surface area contributed by atoms with E-state index in [0.29, 0.717) is 0 Å². The van der Waals surface area contributed by atoms with Crippen LogP contribution in [0.1, 0.15) is 37.5 Å². The first kappa shape index (κ1) is 24.0. The summed E-state index contributed by atoms with van der Waals surface area (Å²) in [4.78, 5) is 4.95. The van der Waals surface area contributed by atoms with Gasteiger partial charge in [0.05, 0.1) is 0 Å². The van der Waals surface area contributed by atoms with Crippen molar-refractivity contribution in [1.29, 1.82) is 0 Å². The van der Waals surface area contributed by atoms with Gasteiger partial charge in [0.2, 0.25) is 0 Å². The second kappa shape index (κ2) is 8.34. The fraction of sp³-hybridized carbons (Fsp3) is 0.194. The molecule has 0 bridgehead atoms. The van der Waals surface area contributed by atoms with Crippen LogP contribution in [-0.4, -0.2) is 20.9 Å². The topological polar surface area (TPSA) is 31.5 Å². The van der Waals surface area contributed by atoms with Crippen LogP contribution >= 0.6 is 0 Å². The molecule has 0 atom stereocenters. The monoisotopic (exact) mass is 661 g/mol. The maximum absolute atomic E-state index is 7.20. The second-order valence-electron chi connectivity index (χ2n) is 10.9. The number of hydrogen-bond donors (Lipinski definition) is 0. The van der Waals surface area contributed by atoms with Crippen molar-refractivity contribution in [3.8, 4) is 11.6 Å². The maximum atomic E-state index is 7.20. The number of nitrogens with zero attached hydrogens (tertiary/aromatic N) is 3. The van der Waals surface area contributed by atoms with Crippen LogP contribution in [0.4, 0.5) is 0 Å². The predicted octanol–water partition coefficient (Wildman–Crippen LogP) is 5.64. The number of para-hydroxylation sites is 2. The number of benzene rings is 3. The van der Waals surface area contributed by atoms with Crippen LogP contribution in [0.25, 0.3) is 33.4 Å². The Balaban J connectivity index is 0.00000252. The zero-order valence-electron chi connectivity index (χ0n) is 21.6. The van der Waals surface area contributed by atoms with Crippen LogP contribution in [0.5, 0.6) is 5.75 Å². The van der Waals surface area contributed by atoms with Gasteiger partial charge in [-0.15, -0.1) is 6.07 Å². The Kier molecular flexibility index (Phi) is 5.42. The molecule has 0 aliphatic carbocycles. The molecule has 3 aromatic heterocycles. The molecule has 0 N–H and O–H groups in total. The molecule has 1 aliphatic heterocycles. The zero-order valence-corrected chi connectivity index (χ0v) is 24.0. The van der Waals surface area contributed by atoms with Gasteiger partial charge in [-0.3, -0.25) is 0 Å². The van der Waals surface area contributed by atoms with Gasteiger partial charge < -0.3 is 13.6 Å². The minimum absolute atomic E-state index is 0. The molecule has 6 heteroatoms. The fourth-order valence-corrected chi connectivity index (χ4v) is 5.99. The van der Waals surface area contributed by atoms with Gasteiger partial charge in [-0.2, -0.15) is 18.2 Å². The van der Waals surface area contributed by atoms with E-state index in [1.54, 1.807) is 0 Å². The van der Waals surface area contributed by atoms with Crippen molar-refractivity contribution >= 4 is 45.4 Å².